The van der Waals surface area contributed by atoms with E-state index in [1.807, 2.05) is 31.2 Å². The Balaban J connectivity index is 1.82. The molecule has 1 aliphatic rings. The van der Waals surface area contributed by atoms with Crippen LogP contribution in [0.1, 0.15) is 24.0 Å². The minimum atomic E-state index is -0.813. The predicted molar refractivity (Wildman–Crippen MR) is 122 cm³/mol. The lowest BCUT2D eigenvalue weighted by Crippen LogP contribution is -2.41. The molecule has 0 bridgehead atoms. The molecule has 0 radical (unpaired) electrons. The number of anilines is 1. The Kier molecular flexibility index (Phi) is 7.25. The molecule has 2 atom stereocenters. The van der Waals surface area contributed by atoms with Crippen molar-refractivity contribution in [3.63, 3.8) is 0 Å². The Bertz CT molecular complexity index is 1040. The summed E-state index contributed by atoms with van der Waals surface area (Å²) in [5.74, 6) is -1.79. The van der Waals surface area contributed by atoms with E-state index in [0.717, 1.165) is 22.9 Å². The van der Waals surface area contributed by atoms with Gasteiger partial charge in [0.1, 0.15) is 5.25 Å². The normalized spacial score (nSPS) is 17.9. The molecule has 0 aliphatic carbocycles. The molecule has 3 amide bonds. The number of urea groups is 1. The van der Waals surface area contributed by atoms with Gasteiger partial charge in [-0.05, 0) is 37.6 Å². The summed E-state index contributed by atoms with van der Waals surface area (Å²) in [5, 5.41) is 4.73. The van der Waals surface area contributed by atoms with Gasteiger partial charge in [-0.15, -0.1) is 0 Å². The highest BCUT2D eigenvalue weighted by molar-refractivity contribution is 8.04. The number of carbonyl (C=O) groups is 3. The van der Waals surface area contributed by atoms with Gasteiger partial charge in [0, 0.05) is 16.6 Å². The van der Waals surface area contributed by atoms with Crippen LogP contribution in [0.2, 0.25) is 5.02 Å². The third kappa shape index (κ3) is 5.39. The zero-order valence-electron chi connectivity index (χ0n) is 17.0. The highest BCUT2D eigenvalue weighted by Crippen LogP contribution is 2.46. The number of ether oxygens (including phenoxy) is 1. The molecule has 0 saturated carbocycles. The lowest BCUT2D eigenvalue weighted by atomic mass is 9.87. The molecule has 4 N–H and O–H groups in total. The zero-order chi connectivity index (χ0) is 22.5. The Hall–Kier alpha value is -2.97. The van der Waals surface area contributed by atoms with E-state index < -0.39 is 29.1 Å². The molecule has 0 saturated heterocycles. The quantitative estimate of drug-likeness (QED) is 0.584. The van der Waals surface area contributed by atoms with E-state index in [4.69, 9.17) is 22.1 Å². The topological polar surface area (TPSA) is 111 Å². The lowest BCUT2D eigenvalue weighted by molar-refractivity contribution is -0.138. The fraction of sp³-hybridized carbons (Fsp3) is 0.227. The summed E-state index contributed by atoms with van der Waals surface area (Å²) in [4.78, 5) is 37.9. The van der Waals surface area contributed by atoms with Crippen molar-refractivity contribution in [1.29, 1.82) is 0 Å². The van der Waals surface area contributed by atoms with Crippen molar-refractivity contribution in [1.82, 2.24) is 5.32 Å². The van der Waals surface area contributed by atoms with Gasteiger partial charge in [0.2, 0.25) is 5.91 Å². The van der Waals surface area contributed by atoms with Gasteiger partial charge in [0.05, 0.1) is 17.2 Å². The van der Waals surface area contributed by atoms with E-state index in [2.05, 4.69) is 10.6 Å². The molecule has 2 aromatic carbocycles. The average Bonchev–Trinajstić information content (AvgIpc) is 3.06. The molecule has 0 fully saturated rings. The maximum atomic E-state index is 13.0. The van der Waals surface area contributed by atoms with Crippen LogP contribution >= 0.6 is 23.4 Å². The van der Waals surface area contributed by atoms with Crippen molar-refractivity contribution >= 4 is 47.0 Å². The van der Waals surface area contributed by atoms with Crippen molar-refractivity contribution < 1.29 is 19.1 Å². The second-order valence-corrected chi connectivity index (χ2v) is 8.50. The predicted octanol–water partition coefficient (Wildman–Crippen LogP) is 3.93. The number of esters is 1. The molecule has 3 rings (SSSR count). The van der Waals surface area contributed by atoms with Gasteiger partial charge < -0.3 is 15.8 Å². The Morgan fingerprint density at radius 2 is 1.87 bits per heavy atom. The van der Waals surface area contributed by atoms with E-state index in [0.29, 0.717) is 10.7 Å². The molecular weight excluding hydrogens is 438 g/mol. The molecule has 0 spiro atoms. The molecule has 0 aromatic heterocycles. The second kappa shape index (κ2) is 9.89. The van der Waals surface area contributed by atoms with Crippen molar-refractivity contribution in [3.8, 4) is 0 Å². The molecule has 2 aromatic rings. The summed E-state index contributed by atoms with van der Waals surface area (Å²) < 4.78 is 5.16. The molecule has 31 heavy (non-hydrogen) atoms. The third-order valence-corrected chi connectivity index (χ3v) is 6.09. The number of aryl methyl sites for hydroxylation is 1. The number of halogens is 1. The van der Waals surface area contributed by atoms with Crippen LogP contribution in [-0.4, -0.2) is 29.8 Å². The molecule has 9 heteroatoms. The highest BCUT2D eigenvalue weighted by Gasteiger charge is 2.44. The number of nitrogens with two attached hydrogens (primary N) is 1. The lowest BCUT2D eigenvalue weighted by Gasteiger charge is -2.21. The van der Waals surface area contributed by atoms with Gasteiger partial charge in [0.25, 0.3) is 0 Å². The summed E-state index contributed by atoms with van der Waals surface area (Å²) in [5.41, 5.74) is 8.55. The summed E-state index contributed by atoms with van der Waals surface area (Å²) in [6.07, 6.45) is 0. The van der Waals surface area contributed by atoms with Crippen LogP contribution in [0.3, 0.4) is 0 Å². The van der Waals surface area contributed by atoms with Crippen LogP contribution < -0.4 is 16.4 Å². The van der Waals surface area contributed by atoms with Crippen LogP contribution in [0.15, 0.2) is 59.1 Å². The van der Waals surface area contributed by atoms with E-state index in [1.165, 1.54) is 0 Å². The first-order chi connectivity index (χ1) is 14.8. The van der Waals surface area contributed by atoms with Crippen LogP contribution in [0.5, 0.6) is 0 Å². The standard InChI is InChI=1S/C22H22ClN3O4S/c1-3-30-21(28)17-16(13-9-7-12(2)8-10-13)18(31-19(17)24)20(27)26-22(29)25-15-6-4-5-14(23)11-15/h4-11,16,18H,3,24H2,1-2H3,(H2,25,26,27,29). The Labute approximate surface area is 189 Å². The summed E-state index contributed by atoms with van der Waals surface area (Å²) in [6.45, 7) is 3.82. The van der Waals surface area contributed by atoms with Crippen molar-refractivity contribution in [2.75, 3.05) is 11.9 Å². The van der Waals surface area contributed by atoms with E-state index in [9.17, 15) is 14.4 Å². The number of rotatable bonds is 5. The summed E-state index contributed by atoms with van der Waals surface area (Å²) in [7, 11) is 0. The number of hydrogen-bond acceptors (Lipinski definition) is 6. The van der Waals surface area contributed by atoms with Crippen molar-refractivity contribution in [2.24, 2.45) is 5.73 Å². The summed E-state index contributed by atoms with van der Waals surface area (Å²) >= 11 is 6.96. The number of amides is 3. The van der Waals surface area contributed by atoms with Crippen molar-refractivity contribution in [2.45, 2.75) is 25.0 Å². The fourth-order valence-corrected chi connectivity index (χ4v) is 4.64. The number of thioether (sulfide) groups is 1. The Morgan fingerprint density at radius 1 is 1.16 bits per heavy atom. The maximum absolute atomic E-state index is 13.0. The monoisotopic (exact) mass is 459 g/mol. The van der Waals surface area contributed by atoms with Gasteiger partial charge in [-0.3, -0.25) is 10.1 Å². The fourth-order valence-electron chi connectivity index (χ4n) is 3.24. The average molecular weight is 460 g/mol. The minimum absolute atomic E-state index is 0.180. The smallest absolute Gasteiger partial charge is 0.337 e. The first kappa shape index (κ1) is 22.7. The summed E-state index contributed by atoms with van der Waals surface area (Å²) in [6, 6.07) is 13.3. The first-order valence-electron chi connectivity index (χ1n) is 9.57. The minimum Gasteiger partial charge on any atom is -0.463 e. The van der Waals surface area contributed by atoms with Gasteiger partial charge >= 0.3 is 12.0 Å². The maximum Gasteiger partial charge on any atom is 0.337 e. The number of carbonyl (C=O) groups excluding carboxylic acids is 3. The van der Waals surface area contributed by atoms with Crippen LogP contribution in [0.4, 0.5) is 10.5 Å². The van der Waals surface area contributed by atoms with Gasteiger partial charge in [-0.2, -0.15) is 0 Å². The molecular formula is C22H22ClN3O4S. The molecule has 2 unspecified atom stereocenters. The van der Waals surface area contributed by atoms with Crippen molar-refractivity contribution in [3.05, 3.63) is 75.3 Å². The van der Waals surface area contributed by atoms with Crippen LogP contribution in [0.25, 0.3) is 0 Å². The number of benzene rings is 2. The van der Waals surface area contributed by atoms with Gasteiger partial charge in [-0.25, -0.2) is 9.59 Å². The highest BCUT2D eigenvalue weighted by atomic mass is 35.5. The van der Waals surface area contributed by atoms with Crippen LogP contribution in [0, 0.1) is 6.92 Å². The number of hydrogen-bond donors (Lipinski definition) is 3. The van der Waals surface area contributed by atoms with Crippen LogP contribution in [-0.2, 0) is 14.3 Å². The number of imide groups is 1. The van der Waals surface area contributed by atoms with E-state index >= 15 is 0 Å². The largest absolute Gasteiger partial charge is 0.463 e. The molecule has 162 valence electrons. The molecule has 7 nitrogen and oxygen atoms in total. The van der Waals surface area contributed by atoms with E-state index in [-0.39, 0.29) is 17.2 Å². The molecule has 1 heterocycles. The first-order valence-corrected chi connectivity index (χ1v) is 10.8. The Morgan fingerprint density at radius 3 is 2.52 bits per heavy atom. The zero-order valence-corrected chi connectivity index (χ0v) is 18.5. The van der Waals surface area contributed by atoms with Gasteiger partial charge in [0.15, 0.2) is 0 Å². The second-order valence-electron chi connectivity index (χ2n) is 6.88. The number of nitrogens with one attached hydrogen (secondary N) is 2. The SMILES string of the molecule is CCOC(=O)C1=C(N)SC(C(=O)NC(=O)Nc2cccc(Cl)c2)C1c1ccc(C)cc1. The molecule has 1 aliphatic heterocycles. The van der Waals surface area contributed by atoms with Gasteiger partial charge in [-0.1, -0.05) is 59.3 Å². The van der Waals surface area contributed by atoms with E-state index in [1.54, 1.807) is 31.2 Å². The third-order valence-electron chi connectivity index (χ3n) is 4.64.